The molecule has 1 aromatic carbocycles. The minimum absolute atomic E-state index is 0.0472. The molecule has 0 radical (unpaired) electrons. The van der Waals surface area contributed by atoms with E-state index in [-0.39, 0.29) is 47.8 Å². The molecule has 0 atom stereocenters. The summed E-state index contributed by atoms with van der Waals surface area (Å²) in [5.74, 6) is -0.114. The van der Waals surface area contributed by atoms with E-state index in [1.165, 1.54) is 12.5 Å². The van der Waals surface area contributed by atoms with Crippen LogP contribution in [0.5, 0.6) is 0 Å². The summed E-state index contributed by atoms with van der Waals surface area (Å²) < 4.78 is 57.9. The Morgan fingerprint density at radius 3 is 2.20 bits per heavy atom. The number of benzene rings is 1. The topological polar surface area (TPSA) is 119 Å². The predicted molar refractivity (Wildman–Crippen MR) is 164 cm³/mol. The van der Waals surface area contributed by atoms with Gasteiger partial charge in [0.15, 0.2) is 0 Å². The molecule has 1 fully saturated rings. The van der Waals surface area contributed by atoms with Crippen LogP contribution in [0.15, 0.2) is 27.7 Å². The monoisotopic (exact) mass is 637 g/mol. The first-order valence-electron chi connectivity index (χ1n) is 15.6. The van der Waals surface area contributed by atoms with Gasteiger partial charge in [0.2, 0.25) is 17.7 Å². The zero-order valence-corrected chi connectivity index (χ0v) is 27.3. The Morgan fingerprint density at radius 2 is 1.60 bits per heavy atom. The molecule has 10 nitrogen and oxygen atoms in total. The fourth-order valence-electron chi connectivity index (χ4n) is 4.74. The molecule has 3 rings (SSSR count). The van der Waals surface area contributed by atoms with Crippen molar-refractivity contribution in [1.82, 2.24) is 20.4 Å². The highest BCUT2D eigenvalue weighted by atomic mass is 19.4. The van der Waals surface area contributed by atoms with E-state index < -0.39 is 35.1 Å². The van der Waals surface area contributed by atoms with Crippen LogP contribution in [0.1, 0.15) is 116 Å². The summed E-state index contributed by atoms with van der Waals surface area (Å²) >= 11 is 0. The van der Waals surface area contributed by atoms with E-state index in [0.29, 0.717) is 12.8 Å². The number of aromatic nitrogens is 2. The van der Waals surface area contributed by atoms with Crippen LogP contribution in [0.25, 0.3) is 11.4 Å². The van der Waals surface area contributed by atoms with E-state index in [1.54, 1.807) is 52.5 Å². The van der Waals surface area contributed by atoms with Crippen LogP contribution in [0.3, 0.4) is 0 Å². The first kappa shape index (κ1) is 35.8. The number of alkyl carbamates (subject to hydrolysis) is 1. The molecule has 1 saturated heterocycles. The van der Waals surface area contributed by atoms with Gasteiger partial charge in [0.25, 0.3) is 0 Å². The van der Waals surface area contributed by atoms with Crippen LogP contribution >= 0.6 is 0 Å². The zero-order chi connectivity index (χ0) is 33.4. The van der Waals surface area contributed by atoms with Crippen molar-refractivity contribution in [3.63, 3.8) is 0 Å². The smallest absolute Gasteiger partial charge is 0.437 e. The third-order valence-corrected chi connectivity index (χ3v) is 6.90. The second kappa shape index (κ2) is 15.1. The van der Waals surface area contributed by atoms with E-state index in [1.807, 2.05) is 0 Å². The number of halogens is 3. The Hall–Kier alpha value is -3.64. The average molecular weight is 638 g/mol. The van der Waals surface area contributed by atoms with Gasteiger partial charge in [0, 0.05) is 18.7 Å². The normalized spacial score (nSPS) is 14.7. The number of aliphatic imine (C=N–C) groups is 1. The maximum Gasteiger partial charge on any atom is 0.437 e. The van der Waals surface area contributed by atoms with Gasteiger partial charge in [-0.1, -0.05) is 62.7 Å². The number of unbranched alkanes of at least 4 members (excludes halogenated alkanes) is 6. The molecule has 2 heterocycles. The second-order valence-corrected chi connectivity index (χ2v) is 13.3. The molecule has 45 heavy (non-hydrogen) atoms. The summed E-state index contributed by atoms with van der Waals surface area (Å²) in [5.41, 5.74) is -1.81. The van der Waals surface area contributed by atoms with E-state index in [2.05, 4.69) is 27.4 Å². The minimum Gasteiger partial charge on any atom is -0.444 e. The number of hydrogen-bond acceptors (Lipinski definition) is 7. The summed E-state index contributed by atoms with van der Waals surface area (Å²) in [6.45, 7) is 12.8. The number of amides is 2. The largest absolute Gasteiger partial charge is 0.444 e. The van der Waals surface area contributed by atoms with Crippen molar-refractivity contribution in [2.45, 2.75) is 123 Å². The van der Waals surface area contributed by atoms with Crippen molar-refractivity contribution in [3.8, 4) is 11.4 Å². The molecule has 0 unspecified atom stereocenters. The first-order chi connectivity index (χ1) is 20.9. The minimum atomic E-state index is -4.52. The lowest BCUT2D eigenvalue weighted by Crippen LogP contribution is -2.55. The number of aryl methyl sites for hydroxylation is 1. The maximum absolute atomic E-state index is 14.0. The lowest BCUT2D eigenvalue weighted by molar-refractivity contribution is -0.138. The Labute approximate surface area is 263 Å². The van der Waals surface area contributed by atoms with Gasteiger partial charge < -0.3 is 18.9 Å². The number of carbonyl (C=O) groups is 2. The van der Waals surface area contributed by atoms with Crippen LogP contribution in [0, 0.1) is 0 Å². The van der Waals surface area contributed by atoms with Gasteiger partial charge >= 0.3 is 18.4 Å². The molecule has 1 aliphatic rings. The summed E-state index contributed by atoms with van der Waals surface area (Å²) in [7, 11) is 0. The summed E-state index contributed by atoms with van der Waals surface area (Å²) in [4.78, 5) is 34.7. The number of ether oxygens (including phenoxy) is 2. The van der Waals surface area contributed by atoms with Gasteiger partial charge in [0.1, 0.15) is 11.2 Å². The van der Waals surface area contributed by atoms with Crippen molar-refractivity contribution in [3.05, 3.63) is 35.2 Å². The highest BCUT2D eigenvalue weighted by Crippen LogP contribution is 2.36. The number of carbonyl (C=O) groups excluding carboxylic acids is 2. The van der Waals surface area contributed by atoms with Crippen molar-refractivity contribution in [1.29, 1.82) is 0 Å². The molecule has 1 aliphatic heterocycles. The molecular weight excluding hydrogens is 591 g/mol. The summed E-state index contributed by atoms with van der Waals surface area (Å²) in [5, 5.41) is 6.43. The van der Waals surface area contributed by atoms with E-state index >= 15 is 0 Å². The standard InChI is InChI=1S/C32H46F3N5O5/c1-8-9-10-11-12-13-14-15-21-16-17-22(18-24(21)32(33,34)35)25-36-26(45-39-25)23-19-40(20-23)27(37-28(41)43-30(2,3)4)38-29(42)44-31(5,6)7/h16-18,23H,8-15,19-20H2,1-7H3,(H,37,38,41,42). The van der Waals surface area contributed by atoms with Crippen molar-refractivity contribution in [2.24, 2.45) is 4.99 Å². The summed E-state index contributed by atoms with van der Waals surface area (Å²) in [6.07, 6.45) is 1.36. The van der Waals surface area contributed by atoms with E-state index in [0.717, 1.165) is 38.2 Å². The SMILES string of the molecule is CCCCCCCCCc1ccc(-c2noc(C3CN(C(=NC(=O)OC(C)(C)C)NC(=O)OC(C)(C)C)C3)n2)cc1C(F)(F)F. The molecule has 0 saturated carbocycles. The molecule has 1 N–H and O–H groups in total. The molecule has 2 amide bonds. The van der Waals surface area contributed by atoms with Crippen molar-refractivity contribution in [2.75, 3.05) is 13.1 Å². The number of nitrogens with one attached hydrogen (secondary N) is 1. The third kappa shape index (κ3) is 11.7. The number of nitrogens with zero attached hydrogens (tertiary/aromatic N) is 4. The maximum atomic E-state index is 14.0. The fraction of sp³-hybridized carbons (Fsp3) is 0.656. The Kier molecular flexibility index (Phi) is 12.0. The number of likely N-dealkylation sites (tertiary alicyclic amines) is 1. The third-order valence-electron chi connectivity index (χ3n) is 6.90. The molecule has 0 spiro atoms. The number of alkyl halides is 3. The van der Waals surface area contributed by atoms with Gasteiger partial charge in [0.05, 0.1) is 11.5 Å². The molecule has 0 bridgehead atoms. The second-order valence-electron chi connectivity index (χ2n) is 13.3. The Balaban J connectivity index is 1.68. The van der Waals surface area contributed by atoms with Gasteiger partial charge in [-0.3, -0.25) is 5.32 Å². The van der Waals surface area contributed by atoms with Crippen LogP contribution in [0.4, 0.5) is 22.8 Å². The molecule has 13 heteroatoms. The lowest BCUT2D eigenvalue weighted by atomic mass is 9.97. The number of guanidine groups is 1. The van der Waals surface area contributed by atoms with Crippen LogP contribution in [-0.2, 0) is 22.1 Å². The van der Waals surface area contributed by atoms with Crippen LogP contribution < -0.4 is 5.32 Å². The first-order valence-corrected chi connectivity index (χ1v) is 15.6. The summed E-state index contributed by atoms with van der Waals surface area (Å²) in [6, 6.07) is 4.16. The average Bonchev–Trinajstić information content (AvgIpc) is 3.34. The molecule has 1 aromatic heterocycles. The fourth-order valence-corrected chi connectivity index (χ4v) is 4.74. The van der Waals surface area contributed by atoms with Crippen molar-refractivity contribution < 1.29 is 36.8 Å². The van der Waals surface area contributed by atoms with Crippen LogP contribution in [0.2, 0.25) is 0 Å². The van der Waals surface area contributed by atoms with Crippen molar-refractivity contribution >= 4 is 18.1 Å². The quantitative estimate of drug-likeness (QED) is 0.157. The Bertz CT molecular complexity index is 1320. The van der Waals surface area contributed by atoms with Gasteiger partial charge in [-0.25, -0.2) is 9.59 Å². The van der Waals surface area contributed by atoms with E-state index in [4.69, 9.17) is 14.0 Å². The molecule has 250 valence electrons. The molecule has 2 aromatic rings. The zero-order valence-electron chi connectivity index (χ0n) is 27.3. The van der Waals surface area contributed by atoms with Gasteiger partial charge in [-0.15, -0.1) is 4.99 Å². The highest BCUT2D eigenvalue weighted by molar-refractivity contribution is 5.99. The van der Waals surface area contributed by atoms with Gasteiger partial charge in [-0.05, 0) is 66.0 Å². The molecule has 0 aliphatic carbocycles. The number of hydrogen-bond donors (Lipinski definition) is 1. The predicted octanol–water partition coefficient (Wildman–Crippen LogP) is 8.26. The number of rotatable bonds is 10. The lowest BCUT2D eigenvalue weighted by Gasteiger charge is -2.39. The van der Waals surface area contributed by atoms with Gasteiger partial charge in [-0.2, -0.15) is 18.2 Å². The highest BCUT2D eigenvalue weighted by Gasteiger charge is 2.37. The van der Waals surface area contributed by atoms with Crippen LogP contribution in [-0.4, -0.2) is 57.5 Å². The van der Waals surface area contributed by atoms with E-state index in [9.17, 15) is 22.8 Å². The Morgan fingerprint density at radius 1 is 0.978 bits per heavy atom. The molecular formula is C32H46F3N5O5.